The van der Waals surface area contributed by atoms with Crippen molar-refractivity contribution < 1.29 is 55.0 Å². The van der Waals surface area contributed by atoms with E-state index < -0.39 is 33.7 Å². The quantitative estimate of drug-likeness (QED) is 0.256. The number of carbonyl (C=O) groups is 3. The van der Waals surface area contributed by atoms with Crippen molar-refractivity contribution in [2.24, 2.45) is 5.73 Å². The summed E-state index contributed by atoms with van der Waals surface area (Å²) in [5, 5.41) is 9.85. The van der Waals surface area contributed by atoms with Crippen LogP contribution in [0.3, 0.4) is 0 Å². The summed E-state index contributed by atoms with van der Waals surface area (Å²) in [4.78, 5) is 43.8. The number of quaternary nitrogens is 1. The second-order valence-electron chi connectivity index (χ2n) is 15.3. The number of alkyl halides is 3. The van der Waals surface area contributed by atoms with Crippen molar-refractivity contribution in [2.75, 3.05) is 67.1 Å². The fourth-order valence-electron chi connectivity index (χ4n) is 6.71. The Morgan fingerprint density at radius 1 is 1.05 bits per heavy atom. The Bertz CT molecular complexity index is 2090. The highest BCUT2D eigenvalue weighted by Gasteiger charge is 2.47. The number of carbonyl (C=O) groups excluding carboxylic acids is 3. The number of nitrogens with two attached hydrogens (primary N) is 1. The minimum Gasteiger partial charge on any atom is -0.542 e. The molecule has 2 saturated heterocycles. The second-order valence-corrected chi connectivity index (χ2v) is 17.8. The van der Waals surface area contributed by atoms with Gasteiger partial charge in [0.2, 0.25) is 21.8 Å². The minimum atomic E-state index is -5.19. The van der Waals surface area contributed by atoms with Crippen LogP contribution < -0.4 is 20.3 Å². The van der Waals surface area contributed by atoms with Crippen molar-refractivity contribution in [1.82, 2.24) is 19.5 Å². The SMILES string of the molecule is Cc1cc(C)c2cccc(OCc3c(Cl)ccc(S(=O)(=O)NC4(C(=O)N5CCN(C(=O)[C@@H](N)CCC[N+](C)(C)C)CC5)CCOCC4)c3Cl)c2n1.O=C([O-])C(F)(F)F. The highest BCUT2D eigenvalue weighted by atomic mass is 35.5. The zero-order chi connectivity index (χ0) is 43.2. The molecule has 5 rings (SSSR count). The molecule has 0 aliphatic carbocycles. The predicted molar refractivity (Wildman–Crippen MR) is 209 cm³/mol. The molecule has 0 spiro atoms. The van der Waals surface area contributed by atoms with Gasteiger partial charge in [0.15, 0.2) is 0 Å². The maximum atomic E-state index is 14.2. The number of pyridine rings is 1. The van der Waals surface area contributed by atoms with E-state index in [1.807, 2.05) is 32.0 Å². The Kier molecular flexibility index (Phi) is 15.4. The summed E-state index contributed by atoms with van der Waals surface area (Å²) in [7, 11) is 1.94. The van der Waals surface area contributed by atoms with E-state index in [1.54, 1.807) is 15.9 Å². The van der Waals surface area contributed by atoms with Crippen LogP contribution in [0.2, 0.25) is 10.0 Å². The lowest BCUT2D eigenvalue weighted by Gasteiger charge is -2.43. The maximum Gasteiger partial charge on any atom is 0.430 e. The number of rotatable bonds is 12. The molecule has 3 heterocycles. The largest absolute Gasteiger partial charge is 0.542 e. The molecule has 2 aliphatic rings. The molecule has 2 aliphatic heterocycles. The molecule has 1 aromatic heterocycles. The lowest BCUT2D eigenvalue weighted by Crippen LogP contribution is -2.64. The zero-order valence-electron chi connectivity index (χ0n) is 33.0. The Labute approximate surface area is 346 Å². The number of aryl methyl sites for hydroxylation is 2. The molecule has 14 nitrogen and oxygen atoms in total. The van der Waals surface area contributed by atoms with Crippen molar-refractivity contribution in [3.63, 3.8) is 0 Å². The molecule has 320 valence electrons. The average molecular weight is 878 g/mol. The number of nitrogens with zero attached hydrogens (tertiary/aromatic N) is 4. The van der Waals surface area contributed by atoms with Gasteiger partial charge in [-0.25, -0.2) is 13.4 Å². The van der Waals surface area contributed by atoms with E-state index in [1.165, 1.54) is 12.1 Å². The van der Waals surface area contributed by atoms with E-state index in [0.717, 1.165) is 34.1 Å². The number of benzene rings is 2. The molecular formula is C38H49Cl2F3N6O8S. The average Bonchev–Trinajstić information content (AvgIpc) is 3.13. The summed E-state index contributed by atoms with van der Waals surface area (Å²) in [5.74, 6) is -3.00. The van der Waals surface area contributed by atoms with Gasteiger partial charge in [-0.05, 0) is 69.4 Å². The van der Waals surface area contributed by atoms with Crippen LogP contribution >= 0.6 is 23.2 Å². The Hall–Kier alpha value is -3.78. The molecule has 2 amide bonds. The number of ether oxygens (including phenoxy) is 2. The first-order valence-corrected chi connectivity index (χ1v) is 20.7. The van der Waals surface area contributed by atoms with Crippen LogP contribution in [-0.2, 0) is 35.8 Å². The lowest BCUT2D eigenvalue weighted by atomic mass is 9.89. The smallest absolute Gasteiger partial charge is 0.430 e. The van der Waals surface area contributed by atoms with Gasteiger partial charge in [0.1, 0.15) is 34.3 Å². The Morgan fingerprint density at radius 3 is 2.24 bits per heavy atom. The number of carboxylic acid groups (broad SMARTS) is 1. The summed E-state index contributed by atoms with van der Waals surface area (Å²) >= 11 is 13.3. The number of nitrogens with one attached hydrogen (secondary N) is 1. The van der Waals surface area contributed by atoms with Gasteiger partial charge >= 0.3 is 6.18 Å². The highest BCUT2D eigenvalue weighted by Crippen LogP contribution is 2.35. The monoisotopic (exact) mass is 876 g/mol. The number of sulfonamides is 1. The molecule has 1 atom stereocenters. The molecule has 2 fully saturated rings. The second kappa shape index (κ2) is 19.1. The van der Waals surface area contributed by atoms with E-state index in [0.29, 0.717) is 30.8 Å². The fourth-order valence-corrected chi connectivity index (χ4v) is 9.01. The zero-order valence-corrected chi connectivity index (χ0v) is 35.3. The molecule has 0 radical (unpaired) electrons. The summed E-state index contributed by atoms with van der Waals surface area (Å²) in [6.07, 6.45) is -3.52. The van der Waals surface area contributed by atoms with Gasteiger partial charge < -0.3 is 39.4 Å². The van der Waals surface area contributed by atoms with E-state index in [9.17, 15) is 31.2 Å². The van der Waals surface area contributed by atoms with Gasteiger partial charge in [0, 0.05) is 61.1 Å². The van der Waals surface area contributed by atoms with Crippen LogP contribution in [0.25, 0.3) is 10.9 Å². The molecule has 0 unspecified atom stereocenters. The number of halogens is 5. The number of fused-ring (bicyclic) bond motifs is 1. The molecule has 0 bridgehead atoms. The van der Waals surface area contributed by atoms with Crippen LogP contribution in [0.4, 0.5) is 13.2 Å². The molecular weight excluding hydrogens is 828 g/mol. The third-order valence-corrected chi connectivity index (χ3v) is 12.3. The maximum absolute atomic E-state index is 14.2. The first-order chi connectivity index (χ1) is 27.0. The number of piperazine rings is 1. The topological polar surface area (TPSA) is 184 Å². The molecule has 2 aromatic carbocycles. The number of hydrogen-bond acceptors (Lipinski definition) is 10. The highest BCUT2D eigenvalue weighted by molar-refractivity contribution is 7.89. The first-order valence-electron chi connectivity index (χ1n) is 18.5. The van der Waals surface area contributed by atoms with Crippen LogP contribution in [0, 0.1) is 13.8 Å². The molecule has 58 heavy (non-hydrogen) atoms. The van der Waals surface area contributed by atoms with Gasteiger partial charge in [-0.15, -0.1) is 0 Å². The van der Waals surface area contributed by atoms with Crippen LogP contribution in [0.1, 0.15) is 42.5 Å². The van der Waals surface area contributed by atoms with E-state index in [2.05, 4.69) is 30.8 Å². The van der Waals surface area contributed by atoms with Crippen molar-refractivity contribution in [1.29, 1.82) is 0 Å². The predicted octanol–water partition coefficient (Wildman–Crippen LogP) is 3.35. The van der Waals surface area contributed by atoms with Crippen molar-refractivity contribution in [2.45, 2.75) is 68.8 Å². The molecule has 3 N–H and O–H groups in total. The lowest BCUT2D eigenvalue weighted by molar-refractivity contribution is -0.870. The van der Waals surface area contributed by atoms with Crippen LogP contribution in [0.5, 0.6) is 5.75 Å². The van der Waals surface area contributed by atoms with Crippen LogP contribution in [0.15, 0.2) is 41.3 Å². The number of carboxylic acids is 1. The molecule has 3 aromatic rings. The summed E-state index contributed by atoms with van der Waals surface area (Å²) in [5.41, 5.74) is 7.63. The Balaban J connectivity index is 0.000000973. The third-order valence-electron chi connectivity index (χ3n) is 9.81. The fraction of sp³-hybridized carbons (Fsp3) is 0.526. The van der Waals surface area contributed by atoms with Gasteiger partial charge in [0.05, 0.1) is 38.8 Å². The number of aromatic nitrogens is 1. The van der Waals surface area contributed by atoms with Gasteiger partial charge in [-0.3, -0.25) is 9.59 Å². The van der Waals surface area contributed by atoms with Gasteiger partial charge in [0.25, 0.3) is 0 Å². The van der Waals surface area contributed by atoms with Gasteiger partial charge in [-0.1, -0.05) is 35.3 Å². The number of hydrogen-bond donors (Lipinski definition) is 2. The summed E-state index contributed by atoms with van der Waals surface area (Å²) in [6, 6.07) is 9.78. The summed E-state index contributed by atoms with van der Waals surface area (Å²) in [6.45, 7) is 6.21. The van der Waals surface area contributed by atoms with Crippen molar-refractivity contribution in [3.8, 4) is 5.75 Å². The van der Waals surface area contributed by atoms with E-state index >= 15 is 0 Å². The van der Waals surface area contributed by atoms with E-state index in [-0.39, 0.29) is 78.1 Å². The third kappa shape index (κ3) is 11.9. The number of aliphatic carboxylic acids is 1. The van der Waals surface area contributed by atoms with E-state index in [4.69, 9.17) is 48.3 Å². The number of amides is 2. The van der Waals surface area contributed by atoms with Gasteiger partial charge in [-0.2, -0.15) is 17.9 Å². The first kappa shape index (κ1) is 46.9. The standard InChI is InChI=1S/C36H49Cl2N6O6S.C2HF3O2/c1-24-22-25(2)40-33-26(24)8-6-10-30(33)50-23-27-28(37)11-12-31(32(27)38)51(47,48)41-36(13-20-49-21-14-36)35(46)43-17-15-42(16-18-43)34(45)29(39)9-7-19-44(3,4)5;3-2(4,5)1(6)7/h6,8,10-12,22,29,41H,7,9,13-21,23,39H2,1-5H3;(H,6,7)/q+1;/p-1/t29-;/m0./s1. The normalized spacial score (nSPS) is 16.7. The van der Waals surface area contributed by atoms with Crippen molar-refractivity contribution in [3.05, 3.63) is 63.3 Å². The molecule has 0 saturated carbocycles. The minimum absolute atomic E-state index is 0.102. The molecule has 20 heteroatoms. The Morgan fingerprint density at radius 2 is 1.66 bits per heavy atom. The van der Waals surface area contributed by atoms with Crippen molar-refractivity contribution >= 4 is 61.9 Å². The number of para-hydroxylation sites is 1. The van der Waals surface area contributed by atoms with Crippen LogP contribution in [-0.4, -0.2) is 130 Å². The summed E-state index contributed by atoms with van der Waals surface area (Å²) < 4.78 is 75.0.